The van der Waals surface area contributed by atoms with Crippen LogP contribution in [0, 0.1) is 0 Å². The number of rotatable bonds is 12. The predicted molar refractivity (Wildman–Crippen MR) is 105 cm³/mol. The highest BCUT2D eigenvalue weighted by Crippen LogP contribution is 2.19. The Bertz CT molecular complexity index is 492. The molecule has 0 radical (unpaired) electrons. The Morgan fingerprint density at radius 3 is 2.35 bits per heavy atom. The number of nitrogens with two attached hydrogens (primary N) is 1. The third kappa shape index (κ3) is 8.92. The fourth-order valence-corrected chi connectivity index (χ4v) is 2.54. The highest BCUT2D eigenvalue weighted by atomic mass is 14.9. The lowest BCUT2D eigenvalue weighted by molar-refractivity contribution is 0.480. The second-order valence-electron chi connectivity index (χ2n) is 5.96. The first kappa shape index (κ1) is 21.0. The van der Waals surface area contributed by atoms with Crippen LogP contribution in [0.5, 0.6) is 0 Å². The molecule has 0 saturated carbocycles. The number of hydrogen-bond donors (Lipinski definition) is 2. The molecule has 0 heterocycles. The molecule has 1 atom stereocenters. The van der Waals surface area contributed by atoms with E-state index in [0.29, 0.717) is 11.7 Å². The van der Waals surface area contributed by atoms with Crippen molar-refractivity contribution in [2.24, 2.45) is 5.73 Å². The van der Waals surface area contributed by atoms with Crippen molar-refractivity contribution >= 4 is 0 Å². The van der Waals surface area contributed by atoms with Crippen LogP contribution in [0.1, 0.15) is 52.9 Å². The van der Waals surface area contributed by atoms with Gasteiger partial charge >= 0.3 is 0 Å². The first-order chi connectivity index (χ1) is 10.8. The Labute approximate surface area is 143 Å². The van der Waals surface area contributed by atoms with Crippen molar-refractivity contribution in [1.82, 2.24) is 5.32 Å². The summed E-state index contributed by atoms with van der Waals surface area (Å²) < 4.78 is 0. The van der Waals surface area contributed by atoms with Gasteiger partial charge in [0, 0.05) is 17.4 Å². The summed E-state index contributed by atoms with van der Waals surface area (Å²) in [4.78, 5) is 0. The van der Waals surface area contributed by atoms with Gasteiger partial charge in [0.05, 0.1) is 0 Å². The van der Waals surface area contributed by atoms with E-state index >= 15 is 0 Å². The smallest absolute Gasteiger partial charge is 0.0313 e. The van der Waals surface area contributed by atoms with Gasteiger partial charge in [0.15, 0.2) is 0 Å². The molecular formula is C21H34N2. The van der Waals surface area contributed by atoms with Crippen molar-refractivity contribution in [3.8, 4) is 0 Å². The summed E-state index contributed by atoms with van der Waals surface area (Å²) in [5, 5.41) is 3.44. The molecule has 2 nitrogen and oxygen atoms in total. The highest BCUT2D eigenvalue weighted by molar-refractivity contribution is 5.45. The fraction of sp³-hybridized carbons (Fsp3) is 0.429. The molecule has 0 aliphatic carbocycles. The summed E-state index contributed by atoms with van der Waals surface area (Å²) in [6.07, 6.45) is 11.4. The van der Waals surface area contributed by atoms with Gasteiger partial charge < -0.3 is 11.1 Å². The molecule has 0 aromatic carbocycles. The second-order valence-corrected chi connectivity index (χ2v) is 5.96. The van der Waals surface area contributed by atoms with Crippen LogP contribution in [0.3, 0.4) is 0 Å². The first-order valence-electron chi connectivity index (χ1n) is 8.41. The largest absolute Gasteiger partial charge is 0.399 e. The van der Waals surface area contributed by atoms with Crippen molar-refractivity contribution in [3.05, 3.63) is 72.7 Å². The maximum Gasteiger partial charge on any atom is 0.0313 e. The van der Waals surface area contributed by atoms with Gasteiger partial charge in [-0.3, -0.25) is 0 Å². The van der Waals surface area contributed by atoms with E-state index in [1.54, 1.807) is 6.08 Å². The summed E-state index contributed by atoms with van der Waals surface area (Å²) in [7, 11) is 0. The minimum Gasteiger partial charge on any atom is -0.399 e. The molecule has 0 fully saturated rings. The Morgan fingerprint density at radius 1 is 1.22 bits per heavy atom. The van der Waals surface area contributed by atoms with Crippen LogP contribution in [0.4, 0.5) is 0 Å². The molecule has 3 N–H and O–H groups in total. The standard InChI is InChI=1S/C21H34N2/c1-8-11-12-20(23-18(6)9-2)14-13-16(4)15-17(5)21(10-3)19(7)22/h9-10,15,20,23H,2,4,6-8,11-14,22H2,1,3,5H3/b17-15-,21-10+. The molecule has 0 rings (SSSR count). The molecule has 1 unspecified atom stereocenters. The molecule has 23 heavy (non-hydrogen) atoms. The lowest BCUT2D eigenvalue weighted by Crippen LogP contribution is -2.27. The highest BCUT2D eigenvalue weighted by Gasteiger charge is 2.09. The van der Waals surface area contributed by atoms with Crippen LogP contribution in [0.15, 0.2) is 72.7 Å². The summed E-state index contributed by atoms with van der Waals surface area (Å²) in [6.45, 7) is 21.9. The molecule has 0 amide bonds. The Balaban J connectivity index is 4.70. The van der Waals surface area contributed by atoms with E-state index in [1.165, 1.54) is 12.8 Å². The van der Waals surface area contributed by atoms with Gasteiger partial charge in [0.2, 0.25) is 0 Å². The van der Waals surface area contributed by atoms with Gasteiger partial charge in [0.25, 0.3) is 0 Å². The molecular weight excluding hydrogens is 280 g/mol. The van der Waals surface area contributed by atoms with E-state index < -0.39 is 0 Å². The molecule has 128 valence electrons. The molecule has 0 aromatic rings. The van der Waals surface area contributed by atoms with E-state index in [4.69, 9.17) is 5.73 Å². The monoisotopic (exact) mass is 314 g/mol. The topological polar surface area (TPSA) is 38.0 Å². The SMILES string of the molecule is C=CC(=C)NC(CCCC)CCC(=C)/C=C(C)\C(=C/C)C(=C)N. The third-order valence-electron chi connectivity index (χ3n) is 3.84. The van der Waals surface area contributed by atoms with E-state index in [1.807, 2.05) is 19.9 Å². The van der Waals surface area contributed by atoms with Gasteiger partial charge in [-0.25, -0.2) is 0 Å². The molecule has 0 spiro atoms. The first-order valence-corrected chi connectivity index (χ1v) is 8.41. The van der Waals surface area contributed by atoms with Crippen LogP contribution in [-0.4, -0.2) is 6.04 Å². The van der Waals surface area contributed by atoms with Crippen LogP contribution >= 0.6 is 0 Å². The number of hydrogen-bond acceptors (Lipinski definition) is 2. The van der Waals surface area contributed by atoms with E-state index in [0.717, 1.165) is 41.7 Å². The van der Waals surface area contributed by atoms with Crippen LogP contribution < -0.4 is 11.1 Å². The minimum atomic E-state index is 0.413. The molecule has 0 aliphatic heterocycles. The molecule has 0 bridgehead atoms. The maximum atomic E-state index is 5.81. The lowest BCUT2D eigenvalue weighted by atomic mass is 9.98. The van der Waals surface area contributed by atoms with Gasteiger partial charge in [0.1, 0.15) is 0 Å². The van der Waals surface area contributed by atoms with Crippen molar-refractivity contribution in [1.29, 1.82) is 0 Å². The number of nitrogens with one attached hydrogen (secondary N) is 1. The minimum absolute atomic E-state index is 0.413. The van der Waals surface area contributed by atoms with Crippen molar-refractivity contribution < 1.29 is 0 Å². The van der Waals surface area contributed by atoms with Crippen LogP contribution in [-0.2, 0) is 0 Å². The van der Waals surface area contributed by atoms with Gasteiger partial charge in [-0.05, 0) is 50.3 Å². The Kier molecular flexibility index (Phi) is 10.6. The number of unbranched alkanes of at least 4 members (excludes halogenated alkanes) is 1. The normalized spacial score (nSPS) is 13.3. The van der Waals surface area contributed by atoms with Gasteiger partial charge in [-0.1, -0.05) is 63.8 Å². The lowest BCUT2D eigenvalue weighted by Gasteiger charge is -2.20. The Morgan fingerprint density at radius 2 is 1.87 bits per heavy atom. The second kappa shape index (κ2) is 11.6. The zero-order chi connectivity index (χ0) is 17.8. The summed E-state index contributed by atoms with van der Waals surface area (Å²) in [6, 6.07) is 0.413. The molecule has 0 aliphatic rings. The number of allylic oxidation sites excluding steroid dienone is 5. The third-order valence-corrected chi connectivity index (χ3v) is 3.84. The zero-order valence-electron chi connectivity index (χ0n) is 15.3. The van der Waals surface area contributed by atoms with Crippen molar-refractivity contribution in [3.63, 3.8) is 0 Å². The van der Waals surface area contributed by atoms with Crippen molar-refractivity contribution in [2.45, 2.75) is 58.9 Å². The molecule has 0 saturated heterocycles. The summed E-state index contributed by atoms with van der Waals surface area (Å²) in [5.74, 6) is 0. The summed E-state index contributed by atoms with van der Waals surface area (Å²) in [5.41, 5.74) is 10.5. The van der Waals surface area contributed by atoms with Gasteiger partial charge in [-0.15, -0.1) is 0 Å². The Hall–Kier alpha value is -1.96. The average Bonchev–Trinajstić information content (AvgIpc) is 2.49. The predicted octanol–water partition coefficient (Wildman–Crippen LogP) is 5.54. The average molecular weight is 315 g/mol. The maximum absolute atomic E-state index is 5.81. The zero-order valence-corrected chi connectivity index (χ0v) is 15.3. The van der Waals surface area contributed by atoms with E-state index in [-0.39, 0.29) is 0 Å². The van der Waals surface area contributed by atoms with E-state index in [9.17, 15) is 0 Å². The van der Waals surface area contributed by atoms with E-state index in [2.05, 4.69) is 44.6 Å². The van der Waals surface area contributed by atoms with Gasteiger partial charge in [-0.2, -0.15) is 0 Å². The summed E-state index contributed by atoms with van der Waals surface area (Å²) >= 11 is 0. The molecule has 0 aromatic heterocycles. The quantitative estimate of drug-likeness (QED) is 0.464. The van der Waals surface area contributed by atoms with Crippen LogP contribution in [0.2, 0.25) is 0 Å². The van der Waals surface area contributed by atoms with Crippen molar-refractivity contribution in [2.75, 3.05) is 0 Å². The van der Waals surface area contributed by atoms with Crippen LogP contribution in [0.25, 0.3) is 0 Å². The fourth-order valence-electron chi connectivity index (χ4n) is 2.54. The molecule has 2 heteroatoms.